The number of rotatable bonds is 7. The number of carbonyl (C=O) groups is 1. The molecule has 0 aliphatic carbocycles. The van der Waals surface area contributed by atoms with Crippen LogP contribution in [-0.2, 0) is 4.74 Å². The van der Waals surface area contributed by atoms with Crippen LogP contribution in [0.25, 0.3) is 0 Å². The number of anilines is 3. The average molecular weight is 376 g/mol. The van der Waals surface area contributed by atoms with Gasteiger partial charge in [0.15, 0.2) is 0 Å². The molecule has 1 heterocycles. The first-order chi connectivity index (χ1) is 13.6. The van der Waals surface area contributed by atoms with Crippen LogP contribution in [0, 0.1) is 6.92 Å². The van der Waals surface area contributed by atoms with Crippen LogP contribution in [0.1, 0.15) is 41.5 Å². The zero-order valence-electron chi connectivity index (χ0n) is 16.3. The molecule has 2 N–H and O–H groups in total. The van der Waals surface area contributed by atoms with E-state index in [9.17, 15) is 4.79 Å². The predicted octanol–water partition coefficient (Wildman–Crippen LogP) is 4.88. The van der Waals surface area contributed by atoms with Crippen molar-refractivity contribution in [3.63, 3.8) is 0 Å². The minimum atomic E-state index is -0.368. The topological polar surface area (TPSA) is 76.1 Å². The molecule has 0 aliphatic rings. The van der Waals surface area contributed by atoms with Gasteiger partial charge in [-0.3, -0.25) is 0 Å². The summed E-state index contributed by atoms with van der Waals surface area (Å²) in [5, 5.41) is 6.54. The zero-order valence-corrected chi connectivity index (χ0v) is 16.3. The molecule has 0 amide bonds. The standard InChI is InChI=1S/C22H24N4O2/c1-4-28-21(27)18-12-8-9-13-19(18)25-20-14-15(2)23-22(26-20)24-16(3)17-10-6-5-7-11-17/h5-14,16H,4H2,1-3H3,(H2,23,24,25,26). The molecule has 0 radical (unpaired) electrons. The van der Waals surface area contributed by atoms with Crippen LogP contribution in [0.4, 0.5) is 17.5 Å². The third-order valence-corrected chi connectivity index (χ3v) is 4.18. The highest BCUT2D eigenvalue weighted by molar-refractivity contribution is 5.96. The maximum atomic E-state index is 12.2. The van der Waals surface area contributed by atoms with Crippen molar-refractivity contribution in [1.29, 1.82) is 0 Å². The number of para-hydroxylation sites is 1. The first-order valence-electron chi connectivity index (χ1n) is 9.27. The summed E-state index contributed by atoms with van der Waals surface area (Å²) in [5.41, 5.74) is 3.07. The van der Waals surface area contributed by atoms with Gasteiger partial charge in [-0.2, -0.15) is 4.98 Å². The monoisotopic (exact) mass is 376 g/mol. The van der Waals surface area contributed by atoms with Gasteiger partial charge in [0.1, 0.15) is 5.82 Å². The number of benzene rings is 2. The molecule has 0 fully saturated rings. The van der Waals surface area contributed by atoms with Crippen LogP contribution in [0.15, 0.2) is 60.7 Å². The molecule has 2 aromatic carbocycles. The summed E-state index contributed by atoms with van der Waals surface area (Å²) < 4.78 is 5.13. The lowest BCUT2D eigenvalue weighted by Gasteiger charge is -2.16. The van der Waals surface area contributed by atoms with E-state index in [4.69, 9.17) is 4.74 Å². The molecule has 3 aromatic rings. The Kier molecular flexibility index (Phi) is 6.22. The molecular weight excluding hydrogens is 352 g/mol. The number of nitrogens with one attached hydrogen (secondary N) is 2. The fourth-order valence-electron chi connectivity index (χ4n) is 2.83. The maximum absolute atomic E-state index is 12.2. The zero-order chi connectivity index (χ0) is 19.9. The van der Waals surface area contributed by atoms with E-state index in [0.29, 0.717) is 29.6 Å². The molecule has 6 heteroatoms. The summed E-state index contributed by atoms with van der Waals surface area (Å²) in [6.07, 6.45) is 0. The van der Waals surface area contributed by atoms with Crippen LogP contribution in [-0.4, -0.2) is 22.5 Å². The van der Waals surface area contributed by atoms with Crippen molar-refractivity contribution in [3.05, 3.63) is 77.5 Å². The smallest absolute Gasteiger partial charge is 0.340 e. The van der Waals surface area contributed by atoms with Crippen molar-refractivity contribution in [2.75, 3.05) is 17.2 Å². The van der Waals surface area contributed by atoms with Gasteiger partial charge in [0.25, 0.3) is 0 Å². The van der Waals surface area contributed by atoms with Crippen molar-refractivity contribution in [2.45, 2.75) is 26.8 Å². The fraction of sp³-hybridized carbons (Fsp3) is 0.227. The molecule has 1 aromatic heterocycles. The first kappa shape index (κ1) is 19.4. The quantitative estimate of drug-likeness (QED) is 0.573. The summed E-state index contributed by atoms with van der Waals surface area (Å²) in [6, 6.07) is 19.2. The second-order valence-electron chi connectivity index (χ2n) is 6.39. The van der Waals surface area contributed by atoms with Crippen molar-refractivity contribution in [1.82, 2.24) is 9.97 Å². The number of esters is 1. The van der Waals surface area contributed by atoms with Gasteiger partial charge < -0.3 is 15.4 Å². The number of aromatic nitrogens is 2. The average Bonchev–Trinajstić information content (AvgIpc) is 2.69. The van der Waals surface area contributed by atoms with Crippen molar-refractivity contribution < 1.29 is 9.53 Å². The van der Waals surface area contributed by atoms with Gasteiger partial charge in [-0.15, -0.1) is 0 Å². The Hall–Kier alpha value is -3.41. The molecule has 144 valence electrons. The van der Waals surface area contributed by atoms with Gasteiger partial charge in [0.2, 0.25) is 5.95 Å². The van der Waals surface area contributed by atoms with Crippen LogP contribution in [0.5, 0.6) is 0 Å². The Morgan fingerprint density at radius 3 is 2.54 bits per heavy atom. The normalized spacial score (nSPS) is 11.5. The lowest BCUT2D eigenvalue weighted by molar-refractivity contribution is 0.0527. The third-order valence-electron chi connectivity index (χ3n) is 4.18. The van der Waals surface area contributed by atoms with Crippen LogP contribution < -0.4 is 10.6 Å². The van der Waals surface area contributed by atoms with Gasteiger partial charge in [0.05, 0.1) is 23.9 Å². The number of hydrogen-bond acceptors (Lipinski definition) is 6. The van der Waals surface area contributed by atoms with Gasteiger partial charge >= 0.3 is 5.97 Å². The van der Waals surface area contributed by atoms with E-state index in [1.807, 2.05) is 43.3 Å². The molecule has 3 rings (SSSR count). The fourth-order valence-corrected chi connectivity index (χ4v) is 2.83. The molecular formula is C22H24N4O2. The summed E-state index contributed by atoms with van der Waals surface area (Å²) in [4.78, 5) is 21.2. The Bertz CT molecular complexity index is 944. The van der Waals surface area contributed by atoms with E-state index in [0.717, 1.165) is 11.3 Å². The minimum absolute atomic E-state index is 0.0580. The van der Waals surface area contributed by atoms with Crippen molar-refractivity contribution in [3.8, 4) is 0 Å². The second-order valence-corrected chi connectivity index (χ2v) is 6.39. The van der Waals surface area contributed by atoms with E-state index in [1.54, 1.807) is 19.1 Å². The largest absolute Gasteiger partial charge is 0.462 e. The summed E-state index contributed by atoms with van der Waals surface area (Å²) in [5.74, 6) is 0.756. The Balaban J connectivity index is 1.82. The number of hydrogen-bond donors (Lipinski definition) is 2. The Labute approximate surface area is 165 Å². The number of carbonyl (C=O) groups excluding carboxylic acids is 1. The van der Waals surface area contributed by atoms with Crippen LogP contribution in [0.2, 0.25) is 0 Å². The van der Waals surface area contributed by atoms with Gasteiger partial charge in [-0.25, -0.2) is 9.78 Å². The Morgan fingerprint density at radius 2 is 1.79 bits per heavy atom. The van der Waals surface area contributed by atoms with Crippen LogP contribution >= 0.6 is 0 Å². The van der Waals surface area contributed by atoms with E-state index in [-0.39, 0.29) is 12.0 Å². The van der Waals surface area contributed by atoms with Crippen molar-refractivity contribution in [2.24, 2.45) is 0 Å². The maximum Gasteiger partial charge on any atom is 0.340 e. The molecule has 0 spiro atoms. The van der Waals surface area contributed by atoms with Crippen LogP contribution in [0.3, 0.4) is 0 Å². The number of nitrogens with zero attached hydrogens (tertiary/aromatic N) is 2. The minimum Gasteiger partial charge on any atom is -0.462 e. The molecule has 0 saturated carbocycles. The van der Waals surface area contributed by atoms with Gasteiger partial charge in [-0.1, -0.05) is 42.5 Å². The first-order valence-corrected chi connectivity index (χ1v) is 9.27. The van der Waals surface area contributed by atoms with Crippen molar-refractivity contribution >= 4 is 23.4 Å². The third kappa shape index (κ3) is 4.85. The lowest BCUT2D eigenvalue weighted by atomic mass is 10.1. The number of aryl methyl sites for hydroxylation is 1. The second kappa shape index (κ2) is 8.99. The molecule has 0 aliphatic heterocycles. The summed E-state index contributed by atoms with van der Waals surface area (Å²) >= 11 is 0. The van der Waals surface area contributed by atoms with E-state index in [1.165, 1.54) is 0 Å². The molecule has 1 atom stereocenters. The van der Waals surface area contributed by atoms with Gasteiger partial charge in [0, 0.05) is 11.8 Å². The predicted molar refractivity (Wildman–Crippen MR) is 111 cm³/mol. The molecule has 28 heavy (non-hydrogen) atoms. The van der Waals surface area contributed by atoms with Gasteiger partial charge in [-0.05, 0) is 38.5 Å². The lowest BCUT2D eigenvalue weighted by Crippen LogP contribution is -2.12. The highest BCUT2D eigenvalue weighted by Gasteiger charge is 2.13. The number of ether oxygens (including phenoxy) is 1. The Morgan fingerprint density at radius 1 is 1.07 bits per heavy atom. The highest BCUT2D eigenvalue weighted by atomic mass is 16.5. The molecule has 0 bridgehead atoms. The van der Waals surface area contributed by atoms with E-state index < -0.39 is 0 Å². The van der Waals surface area contributed by atoms with E-state index >= 15 is 0 Å². The SMILES string of the molecule is CCOC(=O)c1ccccc1Nc1cc(C)nc(NC(C)c2ccccc2)n1. The molecule has 0 saturated heterocycles. The summed E-state index contributed by atoms with van der Waals surface area (Å²) in [7, 11) is 0. The molecule has 1 unspecified atom stereocenters. The molecule has 6 nitrogen and oxygen atoms in total. The summed E-state index contributed by atoms with van der Waals surface area (Å²) in [6.45, 7) is 6.07. The highest BCUT2D eigenvalue weighted by Crippen LogP contribution is 2.23. The van der Waals surface area contributed by atoms with E-state index in [2.05, 4.69) is 39.7 Å².